The van der Waals surface area contributed by atoms with Crippen LogP contribution in [0.25, 0.3) is 0 Å². The molecule has 2 rings (SSSR count). The molecule has 2 aliphatic rings. The van der Waals surface area contributed by atoms with Crippen LogP contribution in [0.3, 0.4) is 0 Å². The number of aliphatic hydroxyl groups is 1. The molecule has 2 N–H and O–H groups in total. The Morgan fingerprint density at radius 1 is 1.55 bits per heavy atom. The second kappa shape index (κ2) is 2.71. The molecule has 11 heavy (non-hydrogen) atoms. The van der Waals surface area contributed by atoms with Crippen LogP contribution in [-0.4, -0.2) is 43.3 Å². The summed E-state index contributed by atoms with van der Waals surface area (Å²) in [6.07, 6.45) is 0.224. The average Bonchev–Trinajstić information content (AvgIpc) is 2.34. The van der Waals surface area contributed by atoms with Crippen molar-refractivity contribution in [2.75, 3.05) is 13.7 Å². The molecule has 0 radical (unpaired) electrons. The van der Waals surface area contributed by atoms with Gasteiger partial charge in [0.05, 0.1) is 24.9 Å². The smallest absolute Gasteiger partial charge is 0.175 e. The zero-order valence-corrected chi connectivity index (χ0v) is 6.49. The summed E-state index contributed by atoms with van der Waals surface area (Å²) in [5, 5.41) is 12.5. The minimum atomic E-state index is -0.328. The van der Waals surface area contributed by atoms with Gasteiger partial charge in [-0.1, -0.05) is 0 Å². The van der Waals surface area contributed by atoms with Gasteiger partial charge in [0.25, 0.3) is 0 Å². The van der Waals surface area contributed by atoms with E-state index in [4.69, 9.17) is 9.47 Å². The first-order chi connectivity index (χ1) is 5.31. The second-order valence-electron chi connectivity index (χ2n) is 3.08. The van der Waals surface area contributed by atoms with Gasteiger partial charge in [0.15, 0.2) is 6.29 Å². The molecule has 0 aliphatic carbocycles. The fourth-order valence-electron chi connectivity index (χ4n) is 1.71. The van der Waals surface area contributed by atoms with Crippen LogP contribution in [0, 0.1) is 0 Å². The number of nitrogens with one attached hydrogen (secondary N) is 1. The van der Waals surface area contributed by atoms with Crippen molar-refractivity contribution in [1.29, 1.82) is 0 Å². The lowest BCUT2D eigenvalue weighted by atomic mass is 10.0. The van der Waals surface area contributed by atoms with Crippen LogP contribution in [0.4, 0.5) is 0 Å². The largest absolute Gasteiger partial charge is 0.391 e. The average molecular weight is 159 g/mol. The van der Waals surface area contributed by atoms with Crippen molar-refractivity contribution >= 4 is 0 Å². The molecule has 4 nitrogen and oxygen atoms in total. The highest BCUT2D eigenvalue weighted by Gasteiger charge is 2.42. The third-order valence-corrected chi connectivity index (χ3v) is 2.32. The van der Waals surface area contributed by atoms with Crippen molar-refractivity contribution in [1.82, 2.24) is 5.32 Å². The van der Waals surface area contributed by atoms with E-state index in [1.54, 1.807) is 7.05 Å². The van der Waals surface area contributed by atoms with Crippen molar-refractivity contribution in [2.45, 2.75) is 31.0 Å². The van der Waals surface area contributed by atoms with Crippen molar-refractivity contribution in [3.8, 4) is 0 Å². The first kappa shape index (κ1) is 7.49. The quantitative estimate of drug-likeness (QED) is 0.519. The first-order valence-corrected chi connectivity index (χ1v) is 3.93. The fourth-order valence-corrected chi connectivity index (χ4v) is 1.71. The Hall–Kier alpha value is -0.160. The maximum atomic E-state index is 9.53. The molecule has 2 heterocycles. The van der Waals surface area contributed by atoms with Gasteiger partial charge < -0.3 is 19.9 Å². The van der Waals surface area contributed by atoms with Gasteiger partial charge in [-0.25, -0.2) is 0 Å². The van der Waals surface area contributed by atoms with Gasteiger partial charge in [0, 0.05) is 6.42 Å². The lowest BCUT2D eigenvalue weighted by Gasteiger charge is -2.31. The Balaban J connectivity index is 2.07. The molecule has 0 spiro atoms. The number of likely N-dealkylation sites (N-methyl/N-ethyl adjacent to an activating group) is 1. The Morgan fingerprint density at radius 2 is 2.36 bits per heavy atom. The van der Waals surface area contributed by atoms with Gasteiger partial charge in [0.2, 0.25) is 0 Å². The van der Waals surface area contributed by atoms with Crippen molar-refractivity contribution in [3.05, 3.63) is 0 Å². The van der Waals surface area contributed by atoms with E-state index in [0.717, 1.165) is 0 Å². The standard InChI is InChI=1S/C7H13NO3/c1-8-6-5(9)2-4-3-10-7(6)11-4/h4-9H,2-3H2,1H3/t4?,5-,6?,7-/m1/s1. The van der Waals surface area contributed by atoms with Crippen LogP contribution in [0.2, 0.25) is 0 Å². The summed E-state index contributed by atoms with van der Waals surface area (Å²) in [6.45, 7) is 0.625. The Kier molecular flexibility index (Phi) is 1.85. The molecule has 2 fully saturated rings. The van der Waals surface area contributed by atoms with E-state index in [-0.39, 0.29) is 24.5 Å². The van der Waals surface area contributed by atoms with Crippen LogP contribution in [0.15, 0.2) is 0 Å². The number of hydrogen-bond acceptors (Lipinski definition) is 4. The molecule has 0 aromatic carbocycles. The van der Waals surface area contributed by atoms with E-state index < -0.39 is 0 Å². The summed E-state index contributed by atoms with van der Waals surface area (Å²) in [4.78, 5) is 0. The van der Waals surface area contributed by atoms with Crippen LogP contribution in [-0.2, 0) is 9.47 Å². The lowest BCUT2D eigenvalue weighted by Crippen LogP contribution is -2.51. The summed E-state index contributed by atoms with van der Waals surface area (Å²) in [5.74, 6) is 0. The molecule has 4 atom stereocenters. The zero-order valence-electron chi connectivity index (χ0n) is 6.49. The maximum Gasteiger partial charge on any atom is 0.175 e. The molecule has 0 saturated carbocycles. The minimum absolute atomic E-state index is 0.0613. The zero-order chi connectivity index (χ0) is 7.84. The Bertz CT molecular complexity index is 153. The van der Waals surface area contributed by atoms with Crippen molar-refractivity contribution in [2.24, 2.45) is 0 Å². The van der Waals surface area contributed by atoms with Gasteiger partial charge in [-0.3, -0.25) is 0 Å². The summed E-state index contributed by atoms with van der Waals surface area (Å²) in [6, 6.07) is -0.0613. The summed E-state index contributed by atoms with van der Waals surface area (Å²) >= 11 is 0. The monoisotopic (exact) mass is 159 g/mol. The number of fused-ring (bicyclic) bond motifs is 2. The van der Waals surface area contributed by atoms with Crippen LogP contribution in [0.5, 0.6) is 0 Å². The predicted molar refractivity (Wildman–Crippen MR) is 38.1 cm³/mol. The summed E-state index contributed by atoms with van der Waals surface area (Å²) < 4.78 is 10.7. The van der Waals surface area contributed by atoms with Gasteiger partial charge in [-0.05, 0) is 7.05 Å². The van der Waals surface area contributed by atoms with Gasteiger partial charge >= 0.3 is 0 Å². The van der Waals surface area contributed by atoms with Crippen LogP contribution < -0.4 is 5.32 Å². The normalized spacial score (nSPS) is 49.6. The maximum absolute atomic E-state index is 9.53. The van der Waals surface area contributed by atoms with Crippen molar-refractivity contribution in [3.63, 3.8) is 0 Å². The lowest BCUT2D eigenvalue weighted by molar-refractivity contribution is -0.138. The highest BCUT2D eigenvalue weighted by atomic mass is 16.7. The highest BCUT2D eigenvalue weighted by Crippen LogP contribution is 2.26. The molecule has 4 heteroatoms. The Labute approximate surface area is 65.5 Å². The highest BCUT2D eigenvalue weighted by molar-refractivity contribution is 4.89. The molecular formula is C7H13NO3. The van der Waals surface area contributed by atoms with Gasteiger partial charge in [0.1, 0.15) is 0 Å². The molecule has 0 amide bonds. The van der Waals surface area contributed by atoms with Gasteiger partial charge in [-0.15, -0.1) is 0 Å². The van der Waals surface area contributed by atoms with Crippen LogP contribution >= 0.6 is 0 Å². The van der Waals surface area contributed by atoms with Crippen LogP contribution in [0.1, 0.15) is 6.42 Å². The van der Waals surface area contributed by atoms with E-state index in [1.807, 2.05) is 0 Å². The molecule has 0 aromatic rings. The number of rotatable bonds is 1. The minimum Gasteiger partial charge on any atom is -0.391 e. The predicted octanol–water partition coefficient (Wildman–Crippen LogP) is -0.920. The molecule has 2 unspecified atom stereocenters. The molecule has 2 aliphatic heterocycles. The fraction of sp³-hybridized carbons (Fsp3) is 1.00. The molecule has 2 saturated heterocycles. The van der Waals surface area contributed by atoms with E-state index in [9.17, 15) is 5.11 Å². The SMILES string of the molecule is CNC1[C@@H]2OCC(C[C@H]1O)O2. The molecule has 64 valence electrons. The number of ether oxygens (including phenoxy) is 2. The molecule has 2 bridgehead atoms. The summed E-state index contributed by atoms with van der Waals surface area (Å²) in [7, 11) is 1.80. The van der Waals surface area contributed by atoms with E-state index >= 15 is 0 Å². The number of hydrogen-bond donors (Lipinski definition) is 2. The Morgan fingerprint density at radius 3 is 3.09 bits per heavy atom. The molecule has 0 aromatic heterocycles. The van der Waals surface area contributed by atoms with Gasteiger partial charge in [-0.2, -0.15) is 0 Å². The summed E-state index contributed by atoms with van der Waals surface area (Å²) in [5.41, 5.74) is 0. The third-order valence-electron chi connectivity index (χ3n) is 2.32. The van der Waals surface area contributed by atoms with E-state index in [0.29, 0.717) is 13.0 Å². The third kappa shape index (κ3) is 1.16. The number of aliphatic hydroxyl groups excluding tert-OH is 1. The topological polar surface area (TPSA) is 50.7 Å². The second-order valence-corrected chi connectivity index (χ2v) is 3.08. The van der Waals surface area contributed by atoms with Crippen molar-refractivity contribution < 1.29 is 14.6 Å². The first-order valence-electron chi connectivity index (χ1n) is 3.93. The van der Waals surface area contributed by atoms with E-state index in [2.05, 4.69) is 5.32 Å². The van der Waals surface area contributed by atoms with E-state index in [1.165, 1.54) is 0 Å². The molecular weight excluding hydrogens is 146 g/mol.